The average Bonchev–Trinajstić information content (AvgIpc) is 2.71. The number of benzene rings is 4. The normalized spacial score (nSPS) is 12.1. The Morgan fingerprint density at radius 2 is 1.35 bits per heavy atom. The third-order valence-electron chi connectivity index (χ3n) is 4.24. The number of hydrogen-bond acceptors (Lipinski definition) is 4. The van der Waals surface area contributed by atoms with Crippen molar-refractivity contribution in [1.82, 2.24) is 0 Å². The minimum Gasteiger partial charge on any atom is -0.411 e. The summed E-state index contributed by atoms with van der Waals surface area (Å²) < 4.78 is 0. The lowest BCUT2D eigenvalue weighted by molar-refractivity contribution is 0.321. The monoisotopic (exact) mass is 340 g/mol. The average molecular weight is 340 g/mol. The van der Waals surface area contributed by atoms with Gasteiger partial charge in [0.2, 0.25) is 0 Å². The molecule has 0 spiro atoms. The summed E-state index contributed by atoms with van der Waals surface area (Å²) in [6.07, 6.45) is 1.28. The highest BCUT2D eigenvalue weighted by molar-refractivity contribution is 6.40. The zero-order chi connectivity index (χ0) is 17.8. The van der Waals surface area contributed by atoms with E-state index < -0.39 is 0 Å². The van der Waals surface area contributed by atoms with Gasteiger partial charge in [0.1, 0.15) is 5.71 Å². The van der Waals surface area contributed by atoms with E-state index in [1.807, 2.05) is 84.9 Å². The molecule has 0 saturated heterocycles. The van der Waals surface area contributed by atoms with Gasteiger partial charge in [-0.25, -0.2) is 0 Å². The lowest BCUT2D eigenvalue weighted by Gasteiger charge is -2.07. The topological polar surface area (TPSA) is 54.2 Å². The van der Waals surface area contributed by atoms with Gasteiger partial charge in [-0.05, 0) is 22.2 Å². The fourth-order valence-corrected chi connectivity index (χ4v) is 3.02. The molecular weight excluding hydrogens is 324 g/mol. The second-order valence-electron chi connectivity index (χ2n) is 5.82. The quantitative estimate of drug-likeness (QED) is 0.314. The van der Waals surface area contributed by atoms with Gasteiger partial charge in [-0.1, -0.05) is 89.2 Å². The van der Waals surface area contributed by atoms with E-state index in [2.05, 4.69) is 10.3 Å². The maximum Gasteiger partial charge on any atom is 0.165 e. The zero-order valence-corrected chi connectivity index (χ0v) is 13.9. The van der Waals surface area contributed by atoms with Crippen LogP contribution < -0.4 is 4.84 Å². The SMILES string of the molecule is ON=CC(=NOc1cccc2ccccc12)c1cccc2ccccc12. The van der Waals surface area contributed by atoms with Crippen molar-refractivity contribution >= 4 is 33.5 Å². The fourth-order valence-electron chi connectivity index (χ4n) is 3.02. The van der Waals surface area contributed by atoms with Crippen molar-refractivity contribution in [2.45, 2.75) is 0 Å². The minimum atomic E-state index is 0.442. The first-order valence-electron chi connectivity index (χ1n) is 8.25. The summed E-state index contributed by atoms with van der Waals surface area (Å²) in [6.45, 7) is 0. The van der Waals surface area contributed by atoms with Gasteiger partial charge >= 0.3 is 0 Å². The van der Waals surface area contributed by atoms with Crippen molar-refractivity contribution in [1.29, 1.82) is 0 Å². The molecule has 4 aromatic carbocycles. The summed E-state index contributed by atoms with van der Waals surface area (Å²) in [6, 6.07) is 27.6. The number of hydrogen-bond donors (Lipinski definition) is 1. The molecule has 1 N–H and O–H groups in total. The first-order valence-corrected chi connectivity index (χ1v) is 8.25. The van der Waals surface area contributed by atoms with Gasteiger partial charge in [-0.2, -0.15) is 0 Å². The molecule has 0 amide bonds. The van der Waals surface area contributed by atoms with E-state index in [1.54, 1.807) is 0 Å². The van der Waals surface area contributed by atoms with Crippen molar-refractivity contribution < 1.29 is 10.0 Å². The lowest BCUT2D eigenvalue weighted by atomic mass is 10.0. The van der Waals surface area contributed by atoms with Crippen molar-refractivity contribution in [3.63, 3.8) is 0 Å². The van der Waals surface area contributed by atoms with Crippen molar-refractivity contribution in [3.8, 4) is 5.75 Å². The number of rotatable bonds is 4. The first-order chi connectivity index (χ1) is 12.9. The first kappa shape index (κ1) is 15.8. The van der Waals surface area contributed by atoms with E-state index in [4.69, 9.17) is 10.0 Å². The van der Waals surface area contributed by atoms with Gasteiger partial charge < -0.3 is 10.0 Å². The van der Waals surface area contributed by atoms with E-state index in [-0.39, 0.29) is 0 Å². The maximum atomic E-state index is 9.07. The van der Waals surface area contributed by atoms with Crippen LogP contribution in [0.3, 0.4) is 0 Å². The van der Waals surface area contributed by atoms with Gasteiger partial charge in [0, 0.05) is 10.9 Å². The number of oxime groups is 2. The van der Waals surface area contributed by atoms with E-state index in [0.29, 0.717) is 11.5 Å². The second-order valence-corrected chi connectivity index (χ2v) is 5.82. The Hall–Kier alpha value is -3.66. The number of nitrogens with zero attached hydrogens (tertiary/aromatic N) is 2. The smallest absolute Gasteiger partial charge is 0.165 e. The summed E-state index contributed by atoms with van der Waals surface area (Å²) in [5.41, 5.74) is 1.28. The molecular formula is C22H16N2O2. The van der Waals surface area contributed by atoms with Crippen LogP contribution in [0.15, 0.2) is 95.2 Å². The Balaban J connectivity index is 1.79. The van der Waals surface area contributed by atoms with E-state index in [0.717, 1.165) is 27.1 Å². The van der Waals surface area contributed by atoms with Gasteiger partial charge in [-0.15, -0.1) is 0 Å². The van der Waals surface area contributed by atoms with Crippen molar-refractivity contribution in [2.75, 3.05) is 0 Å². The number of fused-ring (bicyclic) bond motifs is 2. The predicted molar refractivity (Wildman–Crippen MR) is 105 cm³/mol. The van der Waals surface area contributed by atoms with Crippen molar-refractivity contribution in [2.24, 2.45) is 10.3 Å². The Labute approximate surface area is 150 Å². The molecule has 0 saturated carbocycles. The van der Waals surface area contributed by atoms with Crippen LogP contribution in [0.4, 0.5) is 0 Å². The molecule has 0 aliphatic heterocycles. The second kappa shape index (κ2) is 7.07. The van der Waals surface area contributed by atoms with Gasteiger partial charge in [0.25, 0.3) is 0 Å². The van der Waals surface area contributed by atoms with Crippen LogP contribution in [-0.2, 0) is 0 Å². The summed E-state index contributed by atoms with van der Waals surface area (Å²) in [4.78, 5) is 5.72. The molecule has 0 radical (unpaired) electrons. The molecule has 0 aliphatic carbocycles. The molecule has 4 aromatic rings. The van der Waals surface area contributed by atoms with Crippen LogP contribution >= 0.6 is 0 Å². The van der Waals surface area contributed by atoms with Crippen LogP contribution in [-0.4, -0.2) is 17.1 Å². The van der Waals surface area contributed by atoms with Gasteiger partial charge in [0.05, 0.1) is 6.21 Å². The van der Waals surface area contributed by atoms with Crippen LogP contribution in [0.1, 0.15) is 5.56 Å². The molecule has 0 fully saturated rings. The standard InChI is InChI=1S/C22H16N2O2/c25-23-15-21(20-13-5-9-16-7-1-3-11-18(16)20)24-26-22-14-6-10-17-8-2-4-12-19(17)22/h1-15,25H. The molecule has 4 heteroatoms. The molecule has 0 atom stereocenters. The highest BCUT2D eigenvalue weighted by Gasteiger charge is 2.08. The molecule has 4 nitrogen and oxygen atoms in total. The van der Waals surface area contributed by atoms with E-state index >= 15 is 0 Å². The zero-order valence-electron chi connectivity index (χ0n) is 13.9. The molecule has 0 aliphatic rings. The molecule has 4 rings (SSSR count). The third-order valence-corrected chi connectivity index (χ3v) is 4.24. The third kappa shape index (κ3) is 3.00. The molecule has 0 aromatic heterocycles. The van der Waals surface area contributed by atoms with Gasteiger partial charge in [-0.3, -0.25) is 0 Å². The highest BCUT2D eigenvalue weighted by Crippen LogP contribution is 2.26. The van der Waals surface area contributed by atoms with E-state index in [1.165, 1.54) is 6.21 Å². The molecule has 0 heterocycles. The summed E-state index contributed by atoms with van der Waals surface area (Å²) >= 11 is 0. The van der Waals surface area contributed by atoms with Crippen LogP contribution in [0.2, 0.25) is 0 Å². The minimum absolute atomic E-state index is 0.442. The van der Waals surface area contributed by atoms with E-state index in [9.17, 15) is 0 Å². The lowest BCUT2D eigenvalue weighted by Crippen LogP contribution is -2.06. The van der Waals surface area contributed by atoms with Crippen LogP contribution in [0, 0.1) is 0 Å². The Morgan fingerprint density at radius 1 is 0.731 bits per heavy atom. The highest BCUT2D eigenvalue weighted by atomic mass is 16.6. The fraction of sp³-hybridized carbons (Fsp3) is 0. The Bertz CT molecular complexity index is 1120. The predicted octanol–water partition coefficient (Wildman–Crippen LogP) is 5.24. The molecule has 0 unspecified atom stereocenters. The van der Waals surface area contributed by atoms with Crippen LogP contribution in [0.25, 0.3) is 21.5 Å². The van der Waals surface area contributed by atoms with Gasteiger partial charge in [0.15, 0.2) is 5.75 Å². The summed E-state index contributed by atoms with van der Waals surface area (Å²) in [5, 5.41) is 20.6. The van der Waals surface area contributed by atoms with Crippen molar-refractivity contribution in [3.05, 3.63) is 90.5 Å². The maximum absolute atomic E-state index is 9.07. The molecule has 126 valence electrons. The molecule has 26 heavy (non-hydrogen) atoms. The Morgan fingerprint density at radius 3 is 2.12 bits per heavy atom. The summed E-state index contributed by atoms with van der Waals surface area (Å²) in [7, 11) is 0. The van der Waals surface area contributed by atoms with Crippen LogP contribution in [0.5, 0.6) is 5.75 Å². The molecule has 0 bridgehead atoms. The summed E-state index contributed by atoms with van der Waals surface area (Å²) in [5.74, 6) is 0.646. The Kier molecular flexibility index (Phi) is 4.31. The largest absolute Gasteiger partial charge is 0.411 e.